The van der Waals surface area contributed by atoms with E-state index in [9.17, 15) is 4.79 Å². The molecule has 0 spiro atoms. The summed E-state index contributed by atoms with van der Waals surface area (Å²) in [5.74, 6) is 1.23. The van der Waals surface area contributed by atoms with Gasteiger partial charge in [-0.1, -0.05) is 55.4 Å². The molecule has 0 aliphatic rings. The van der Waals surface area contributed by atoms with Gasteiger partial charge in [0.15, 0.2) is 5.82 Å². The maximum Gasteiger partial charge on any atom is 0.228 e. The van der Waals surface area contributed by atoms with Crippen molar-refractivity contribution in [3.05, 3.63) is 47.5 Å². The number of rotatable bonds is 5. The fourth-order valence-corrected chi connectivity index (χ4v) is 2.45. The number of hydrogen-bond acceptors (Lipinski definition) is 4. The minimum absolute atomic E-state index is 0.0514. The summed E-state index contributed by atoms with van der Waals surface area (Å²) in [6, 6.07) is 12.1. The first kappa shape index (κ1) is 15.5. The molecular formula is C16H19N3OS. The van der Waals surface area contributed by atoms with Crippen molar-refractivity contribution in [2.24, 2.45) is 5.92 Å². The van der Waals surface area contributed by atoms with Crippen molar-refractivity contribution in [3.63, 3.8) is 0 Å². The Labute approximate surface area is 129 Å². The second kappa shape index (κ2) is 7.22. The fraction of sp³-hybridized carbons (Fsp3) is 0.312. The molecule has 1 amide bonds. The molecule has 0 atom stereocenters. The van der Waals surface area contributed by atoms with Crippen molar-refractivity contribution in [1.29, 1.82) is 0 Å². The van der Waals surface area contributed by atoms with Crippen LogP contribution in [-0.2, 0) is 10.5 Å². The number of nitrogens with one attached hydrogen (secondary N) is 1. The number of carbonyl (C=O) groups excluding carboxylic acids is 1. The molecule has 2 rings (SSSR count). The number of benzene rings is 1. The van der Waals surface area contributed by atoms with Gasteiger partial charge in [-0.25, -0.2) is 0 Å². The monoisotopic (exact) mass is 301 g/mol. The molecule has 0 unspecified atom stereocenters. The number of nitrogens with zero attached hydrogens (tertiary/aromatic N) is 2. The zero-order valence-electron chi connectivity index (χ0n) is 12.5. The van der Waals surface area contributed by atoms with Crippen molar-refractivity contribution < 1.29 is 4.79 Å². The predicted molar refractivity (Wildman–Crippen MR) is 86.2 cm³/mol. The smallest absolute Gasteiger partial charge is 0.228 e. The van der Waals surface area contributed by atoms with Gasteiger partial charge in [0.25, 0.3) is 0 Å². The Kier molecular flexibility index (Phi) is 5.33. The Balaban J connectivity index is 1.92. The Bertz CT molecular complexity index is 611. The average Bonchev–Trinajstić information content (AvgIpc) is 2.46. The van der Waals surface area contributed by atoms with Gasteiger partial charge >= 0.3 is 0 Å². The van der Waals surface area contributed by atoms with E-state index in [4.69, 9.17) is 0 Å². The molecule has 5 heteroatoms. The predicted octanol–water partition coefficient (Wildman–Crippen LogP) is 3.67. The lowest BCUT2D eigenvalue weighted by Gasteiger charge is -2.06. The van der Waals surface area contributed by atoms with Crippen LogP contribution in [0.25, 0.3) is 0 Å². The first-order chi connectivity index (χ1) is 10.0. The maximum atomic E-state index is 11.6. The molecule has 0 aliphatic carbocycles. The van der Waals surface area contributed by atoms with E-state index < -0.39 is 0 Å². The van der Waals surface area contributed by atoms with Crippen LogP contribution in [0.1, 0.15) is 25.0 Å². The summed E-state index contributed by atoms with van der Waals surface area (Å²) in [7, 11) is 0. The highest BCUT2D eigenvalue weighted by Gasteiger charge is 2.08. The van der Waals surface area contributed by atoms with Crippen molar-refractivity contribution >= 4 is 23.5 Å². The zero-order valence-corrected chi connectivity index (χ0v) is 13.3. The number of amides is 1. The lowest BCUT2D eigenvalue weighted by atomic mass is 10.2. The van der Waals surface area contributed by atoms with Crippen molar-refractivity contribution in [1.82, 2.24) is 10.2 Å². The summed E-state index contributed by atoms with van der Waals surface area (Å²) in [5.41, 5.74) is 2.52. The number of thioether (sulfide) groups is 1. The molecule has 4 nitrogen and oxygen atoms in total. The molecule has 0 bridgehead atoms. The van der Waals surface area contributed by atoms with E-state index >= 15 is 0 Å². The Hall–Kier alpha value is -1.88. The molecule has 110 valence electrons. The number of aryl methyl sites for hydroxylation is 1. The number of hydrogen-bond donors (Lipinski definition) is 1. The van der Waals surface area contributed by atoms with Crippen LogP contribution in [-0.4, -0.2) is 16.1 Å². The topological polar surface area (TPSA) is 54.9 Å². The van der Waals surface area contributed by atoms with E-state index in [1.54, 1.807) is 17.8 Å². The third-order valence-corrected chi connectivity index (χ3v) is 3.88. The van der Waals surface area contributed by atoms with Gasteiger partial charge in [0.2, 0.25) is 5.91 Å². The summed E-state index contributed by atoms with van der Waals surface area (Å²) in [4.78, 5) is 11.6. The second-order valence-electron chi connectivity index (χ2n) is 5.18. The minimum atomic E-state index is -0.0674. The van der Waals surface area contributed by atoms with Crippen LogP contribution in [0.2, 0.25) is 0 Å². The van der Waals surface area contributed by atoms with Crippen molar-refractivity contribution in [2.75, 3.05) is 5.32 Å². The third-order valence-electron chi connectivity index (χ3n) is 2.88. The Morgan fingerprint density at radius 2 is 2.05 bits per heavy atom. The molecule has 2 aromatic rings. The van der Waals surface area contributed by atoms with Crippen LogP contribution in [0.5, 0.6) is 0 Å². The lowest BCUT2D eigenvalue weighted by Crippen LogP contribution is -2.18. The normalized spacial score (nSPS) is 10.7. The highest BCUT2D eigenvalue weighted by molar-refractivity contribution is 7.98. The van der Waals surface area contributed by atoms with Crippen LogP contribution in [0.4, 0.5) is 5.82 Å². The van der Waals surface area contributed by atoms with Gasteiger partial charge in [-0.3, -0.25) is 4.79 Å². The average molecular weight is 301 g/mol. The van der Waals surface area contributed by atoms with E-state index in [0.717, 1.165) is 10.8 Å². The zero-order chi connectivity index (χ0) is 15.2. The van der Waals surface area contributed by atoms with E-state index in [1.807, 2.05) is 19.9 Å². The molecule has 0 aliphatic heterocycles. The van der Waals surface area contributed by atoms with Crippen LogP contribution in [0, 0.1) is 12.8 Å². The minimum Gasteiger partial charge on any atom is -0.309 e. The highest BCUT2D eigenvalue weighted by Crippen LogP contribution is 2.21. The SMILES string of the molecule is Cc1cccc(CSc2ccc(NC(=O)C(C)C)nn2)c1. The largest absolute Gasteiger partial charge is 0.309 e. The van der Waals surface area contributed by atoms with Gasteiger partial charge in [0, 0.05) is 11.7 Å². The fourth-order valence-electron chi connectivity index (χ4n) is 1.69. The maximum absolute atomic E-state index is 11.6. The van der Waals surface area contributed by atoms with Crippen molar-refractivity contribution in [3.8, 4) is 0 Å². The van der Waals surface area contributed by atoms with Gasteiger partial charge in [0.05, 0.1) is 0 Å². The molecule has 0 radical (unpaired) electrons. The summed E-state index contributed by atoms with van der Waals surface area (Å²) in [6.45, 7) is 5.77. The standard InChI is InChI=1S/C16H19N3OS/c1-11(2)16(20)17-14-7-8-15(19-18-14)21-10-13-6-4-5-12(3)9-13/h4-9,11H,10H2,1-3H3,(H,17,18,20). The van der Waals surface area contributed by atoms with Gasteiger partial charge in [-0.15, -0.1) is 10.2 Å². The molecule has 0 fully saturated rings. The summed E-state index contributed by atoms with van der Waals surface area (Å²) in [5, 5.41) is 11.7. The van der Waals surface area contributed by atoms with Crippen LogP contribution >= 0.6 is 11.8 Å². The highest BCUT2D eigenvalue weighted by atomic mass is 32.2. The second-order valence-corrected chi connectivity index (χ2v) is 6.17. The molecule has 21 heavy (non-hydrogen) atoms. The first-order valence-corrected chi connectivity index (χ1v) is 7.86. The van der Waals surface area contributed by atoms with Gasteiger partial charge in [-0.2, -0.15) is 0 Å². The summed E-state index contributed by atoms with van der Waals surface area (Å²) < 4.78 is 0. The summed E-state index contributed by atoms with van der Waals surface area (Å²) in [6.07, 6.45) is 0. The molecule has 1 heterocycles. The molecule has 1 N–H and O–H groups in total. The van der Waals surface area contributed by atoms with E-state index in [2.05, 4.69) is 46.7 Å². The molecule has 0 saturated heterocycles. The third kappa shape index (κ3) is 4.86. The molecular weight excluding hydrogens is 282 g/mol. The molecule has 1 aromatic heterocycles. The molecule has 1 aromatic carbocycles. The number of aromatic nitrogens is 2. The number of anilines is 1. The van der Waals surface area contributed by atoms with Crippen molar-refractivity contribution in [2.45, 2.75) is 31.6 Å². The van der Waals surface area contributed by atoms with Crippen LogP contribution in [0.3, 0.4) is 0 Å². The van der Waals surface area contributed by atoms with E-state index in [1.165, 1.54) is 11.1 Å². The van der Waals surface area contributed by atoms with E-state index in [-0.39, 0.29) is 11.8 Å². The first-order valence-electron chi connectivity index (χ1n) is 6.87. The molecule has 0 saturated carbocycles. The quantitative estimate of drug-likeness (QED) is 0.856. The van der Waals surface area contributed by atoms with E-state index in [0.29, 0.717) is 5.82 Å². The van der Waals surface area contributed by atoms with Crippen LogP contribution in [0.15, 0.2) is 41.4 Å². The van der Waals surface area contributed by atoms with Crippen LogP contribution < -0.4 is 5.32 Å². The summed E-state index contributed by atoms with van der Waals surface area (Å²) >= 11 is 1.63. The van der Waals surface area contributed by atoms with Gasteiger partial charge in [0.1, 0.15) is 5.03 Å². The van der Waals surface area contributed by atoms with Gasteiger partial charge in [-0.05, 0) is 24.6 Å². The lowest BCUT2D eigenvalue weighted by molar-refractivity contribution is -0.118. The Morgan fingerprint density at radius 3 is 2.67 bits per heavy atom. The van der Waals surface area contributed by atoms with Gasteiger partial charge < -0.3 is 5.32 Å². The Morgan fingerprint density at radius 1 is 1.24 bits per heavy atom. The number of carbonyl (C=O) groups is 1.